The molecule has 0 fully saturated rings. The highest BCUT2D eigenvalue weighted by Crippen LogP contribution is 2.32. The molecule has 0 bridgehead atoms. The van der Waals surface area contributed by atoms with Crippen molar-refractivity contribution < 1.29 is 0 Å². The van der Waals surface area contributed by atoms with Crippen LogP contribution in [0.2, 0.25) is 0 Å². The Morgan fingerprint density at radius 2 is 1.94 bits per heavy atom. The van der Waals surface area contributed by atoms with Crippen LogP contribution in [0.4, 0.5) is 5.13 Å². The minimum atomic E-state index is 0.669. The first kappa shape index (κ1) is 12.1. The molecule has 0 saturated carbocycles. The molecule has 0 aliphatic heterocycles. The molecule has 2 N–H and O–H groups in total. The van der Waals surface area contributed by atoms with Crippen molar-refractivity contribution in [3.8, 4) is 10.4 Å². The monoisotopic (exact) mass is 246 g/mol. The number of thiazole rings is 1. The number of aryl methyl sites for hydroxylation is 1. The SMILES string of the molecule is CC(C)CCc1nc(N)sc1-c1ccccc1. The fraction of sp³-hybridized carbons (Fsp3) is 0.357. The number of nitrogens with two attached hydrogens (primary N) is 1. The average Bonchev–Trinajstić information content (AvgIpc) is 2.69. The molecule has 0 unspecified atom stereocenters. The van der Waals surface area contributed by atoms with Crippen LogP contribution in [-0.2, 0) is 6.42 Å². The largest absolute Gasteiger partial charge is 0.375 e. The van der Waals surface area contributed by atoms with Crippen LogP contribution in [0.3, 0.4) is 0 Å². The van der Waals surface area contributed by atoms with Crippen LogP contribution in [-0.4, -0.2) is 4.98 Å². The van der Waals surface area contributed by atoms with E-state index in [1.165, 1.54) is 10.4 Å². The van der Waals surface area contributed by atoms with Crippen LogP contribution in [0.15, 0.2) is 30.3 Å². The van der Waals surface area contributed by atoms with E-state index in [2.05, 4.69) is 43.1 Å². The summed E-state index contributed by atoms with van der Waals surface area (Å²) in [5, 5.41) is 0.669. The molecule has 17 heavy (non-hydrogen) atoms. The number of nitrogen functional groups attached to an aromatic ring is 1. The second-order valence-corrected chi connectivity index (χ2v) is 5.66. The third-order valence-electron chi connectivity index (χ3n) is 2.71. The van der Waals surface area contributed by atoms with E-state index in [9.17, 15) is 0 Å². The van der Waals surface area contributed by atoms with Gasteiger partial charge in [0.05, 0.1) is 10.6 Å². The summed E-state index contributed by atoms with van der Waals surface area (Å²) in [6.07, 6.45) is 2.17. The number of nitrogens with zero attached hydrogens (tertiary/aromatic N) is 1. The maximum absolute atomic E-state index is 5.83. The first-order chi connectivity index (χ1) is 8.16. The molecule has 0 radical (unpaired) electrons. The number of aromatic nitrogens is 1. The summed E-state index contributed by atoms with van der Waals surface area (Å²) in [6.45, 7) is 4.47. The van der Waals surface area contributed by atoms with E-state index >= 15 is 0 Å². The molecule has 90 valence electrons. The number of hydrogen-bond acceptors (Lipinski definition) is 3. The lowest BCUT2D eigenvalue weighted by Crippen LogP contribution is -1.94. The highest BCUT2D eigenvalue weighted by molar-refractivity contribution is 7.18. The van der Waals surface area contributed by atoms with E-state index in [0.29, 0.717) is 11.0 Å². The van der Waals surface area contributed by atoms with Crippen molar-refractivity contribution in [2.24, 2.45) is 5.92 Å². The lowest BCUT2D eigenvalue weighted by atomic mass is 10.0. The van der Waals surface area contributed by atoms with Gasteiger partial charge < -0.3 is 5.73 Å². The lowest BCUT2D eigenvalue weighted by Gasteiger charge is -2.04. The standard InChI is InChI=1S/C14H18N2S/c1-10(2)8-9-12-13(17-14(15)16-12)11-6-4-3-5-7-11/h3-7,10H,8-9H2,1-2H3,(H2,15,16). The van der Waals surface area contributed by atoms with Gasteiger partial charge >= 0.3 is 0 Å². The predicted octanol–water partition coefficient (Wildman–Crippen LogP) is 3.98. The average molecular weight is 246 g/mol. The second kappa shape index (κ2) is 5.32. The van der Waals surface area contributed by atoms with Gasteiger partial charge in [0.15, 0.2) is 5.13 Å². The van der Waals surface area contributed by atoms with Crippen molar-refractivity contribution in [3.05, 3.63) is 36.0 Å². The van der Waals surface area contributed by atoms with Crippen LogP contribution < -0.4 is 5.73 Å². The Balaban J connectivity index is 2.28. The van der Waals surface area contributed by atoms with Crippen molar-refractivity contribution in [3.63, 3.8) is 0 Å². The molecular formula is C14H18N2S. The quantitative estimate of drug-likeness (QED) is 0.886. The Hall–Kier alpha value is -1.35. The predicted molar refractivity (Wildman–Crippen MR) is 75.1 cm³/mol. The summed E-state index contributed by atoms with van der Waals surface area (Å²) >= 11 is 1.59. The molecule has 1 aromatic heterocycles. The molecule has 1 aromatic carbocycles. The second-order valence-electron chi connectivity index (χ2n) is 4.63. The Labute approximate surface area is 107 Å². The summed E-state index contributed by atoms with van der Waals surface area (Å²) in [4.78, 5) is 5.68. The van der Waals surface area contributed by atoms with E-state index < -0.39 is 0 Å². The van der Waals surface area contributed by atoms with Gasteiger partial charge in [-0.25, -0.2) is 4.98 Å². The van der Waals surface area contributed by atoms with Crippen molar-refractivity contribution in [2.75, 3.05) is 5.73 Å². The summed E-state index contributed by atoms with van der Waals surface area (Å²) in [6, 6.07) is 10.4. The minimum absolute atomic E-state index is 0.669. The summed E-state index contributed by atoms with van der Waals surface area (Å²) in [5.41, 5.74) is 8.20. The summed E-state index contributed by atoms with van der Waals surface area (Å²) < 4.78 is 0. The van der Waals surface area contributed by atoms with Gasteiger partial charge in [0.1, 0.15) is 0 Å². The first-order valence-electron chi connectivity index (χ1n) is 5.97. The number of anilines is 1. The molecule has 2 nitrogen and oxygen atoms in total. The Morgan fingerprint density at radius 3 is 2.59 bits per heavy atom. The van der Waals surface area contributed by atoms with Crippen LogP contribution in [0, 0.1) is 5.92 Å². The summed E-state index contributed by atoms with van der Waals surface area (Å²) in [7, 11) is 0. The van der Waals surface area contributed by atoms with Gasteiger partial charge in [-0.3, -0.25) is 0 Å². The molecule has 0 spiro atoms. The third kappa shape index (κ3) is 3.07. The topological polar surface area (TPSA) is 38.9 Å². The number of hydrogen-bond donors (Lipinski definition) is 1. The maximum Gasteiger partial charge on any atom is 0.180 e. The van der Waals surface area contributed by atoms with Crippen molar-refractivity contribution in [1.29, 1.82) is 0 Å². The van der Waals surface area contributed by atoms with Gasteiger partial charge in [-0.1, -0.05) is 55.5 Å². The van der Waals surface area contributed by atoms with Crippen LogP contribution in [0.5, 0.6) is 0 Å². The normalized spacial score (nSPS) is 11.0. The van der Waals surface area contributed by atoms with Gasteiger partial charge in [0.2, 0.25) is 0 Å². The molecule has 0 atom stereocenters. The van der Waals surface area contributed by atoms with E-state index in [-0.39, 0.29) is 0 Å². The fourth-order valence-corrected chi connectivity index (χ4v) is 2.66. The molecule has 0 saturated heterocycles. The van der Waals surface area contributed by atoms with E-state index in [0.717, 1.165) is 18.5 Å². The zero-order chi connectivity index (χ0) is 12.3. The zero-order valence-electron chi connectivity index (χ0n) is 10.3. The highest BCUT2D eigenvalue weighted by atomic mass is 32.1. The van der Waals surface area contributed by atoms with Gasteiger partial charge in [0.25, 0.3) is 0 Å². The van der Waals surface area contributed by atoms with Gasteiger partial charge in [-0.2, -0.15) is 0 Å². The Bertz CT molecular complexity index is 474. The smallest absolute Gasteiger partial charge is 0.180 e. The van der Waals surface area contributed by atoms with E-state index in [4.69, 9.17) is 5.73 Å². The number of benzene rings is 1. The molecule has 3 heteroatoms. The molecule has 0 aliphatic carbocycles. The molecule has 0 aliphatic rings. The van der Waals surface area contributed by atoms with Gasteiger partial charge in [0, 0.05) is 0 Å². The van der Waals surface area contributed by atoms with Crippen LogP contribution >= 0.6 is 11.3 Å². The zero-order valence-corrected chi connectivity index (χ0v) is 11.1. The first-order valence-corrected chi connectivity index (χ1v) is 6.79. The third-order valence-corrected chi connectivity index (χ3v) is 3.68. The van der Waals surface area contributed by atoms with Crippen molar-refractivity contribution in [2.45, 2.75) is 26.7 Å². The lowest BCUT2D eigenvalue weighted by molar-refractivity contribution is 0.583. The van der Waals surface area contributed by atoms with E-state index in [1.807, 2.05) is 6.07 Å². The van der Waals surface area contributed by atoms with Gasteiger partial charge in [-0.05, 0) is 24.3 Å². The maximum atomic E-state index is 5.83. The van der Waals surface area contributed by atoms with Crippen molar-refractivity contribution in [1.82, 2.24) is 4.98 Å². The minimum Gasteiger partial charge on any atom is -0.375 e. The van der Waals surface area contributed by atoms with Gasteiger partial charge in [-0.15, -0.1) is 0 Å². The molecule has 2 aromatic rings. The Kier molecular flexibility index (Phi) is 3.79. The Morgan fingerprint density at radius 1 is 1.24 bits per heavy atom. The van der Waals surface area contributed by atoms with E-state index in [1.54, 1.807) is 11.3 Å². The highest BCUT2D eigenvalue weighted by Gasteiger charge is 2.11. The molecule has 1 heterocycles. The molecule has 0 amide bonds. The molecule has 2 rings (SSSR count). The molecular weight excluding hydrogens is 228 g/mol. The number of rotatable bonds is 4. The fourth-order valence-electron chi connectivity index (χ4n) is 1.78. The van der Waals surface area contributed by atoms with Crippen LogP contribution in [0.25, 0.3) is 10.4 Å². The summed E-state index contributed by atoms with van der Waals surface area (Å²) in [5.74, 6) is 0.696. The van der Waals surface area contributed by atoms with Crippen molar-refractivity contribution >= 4 is 16.5 Å². The van der Waals surface area contributed by atoms with Crippen LogP contribution in [0.1, 0.15) is 26.0 Å².